The maximum Gasteiger partial charge on any atom is 0.308 e. The molecule has 6 heteroatoms. The van der Waals surface area contributed by atoms with Crippen LogP contribution in [0, 0.1) is 0 Å². The van der Waals surface area contributed by atoms with Crippen molar-refractivity contribution >= 4 is 11.9 Å². The Hall–Kier alpha value is -2.96. The molecule has 3 atom stereocenters. The molecular weight excluding hydrogens is 428 g/mol. The predicted molar refractivity (Wildman–Crippen MR) is 132 cm³/mol. The number of β-amino-alcohol motifs (C(OH)–C–C–N with tert-alkyl or cyclic N) is 1. The van der Waals surface area contributed by atoms with Gasteiger partial charge in [0.2, 0.25) is 0 Å². The third-order valence-electron chi connectivity index (χ3n) is 7.63. The number of hydrogen-bond donors (Lipinski definition) is 1. The Labute approximate surface area is 201 Å². The van der Waals surface area contributed by atoms with Crippen LogP contribution in [0.1, 0.15) is 48.5 Å². The number of carbonyl (C=O) groups excluding carboxylic acids is 2. The van der Waals surface area contributed by atoms with Gasteiger partial charge in [-0.3, -0.25) is 14.5 Å². The first kappa shape index (κ1) is 24.2. The van der Waals surface area contributed by atoms with Crippen LogP contribution >= 0.6 is 0 Å². The van der Waals surface area contributed by atoms with Gasteiger partial charge in [0.1, 0.15) is 5.75 Å². The maximum absolute atomic E-state index is 13.2. The molecule has 34 heavy (non-hydrogen) atoms. The molecule has 1 heterocycles. The van der Waals surface area contributed by atoms with Crippen LogP contribution in [0.3, 0.4) is 0 Å². The minimum absolute atomic E-state index is 0.0102. The summed E-state index contributed by atoms with van der Waals surface area (Å²) in [5.74, 6) is 0.0930. The van der Waals surface area contributed by atoms with Crippen molar-refractivity contribution in [3.05, 3.63) is 78.4 Å². The van der Waals surface area contributed by atoms with Gasteiger partial charge in [0.25, 0.3) is 5.91 Å². The number of hydrogen-bond acceptors (Lipinski definition) is 5. The molecule has 1 N–H and O–H groups in total. The fraction of sp³-hybridized carbons (Fsp3) is 0.429. The largest absolute Gasteiger partial charge is 0.427 e. The Morgan fingerprint density at radius 1 is 1.21 bits per heavy atom. The minimum Gasteiger partial charge on any atom is -0.427 e. The van der Waals surface area contributed by atoms with Crippen LogP contribution in [-0.2, 0) is 10.2 Å². The Bertz CT molecular complexity index is 1060. The van der Waals surface area contributed by atoms with E-state index >= 15 is 0 Å². The molecule has 0 unspecified atom stereocenters. The van der Waals surface area contributed by atoms with Crippen molar-refractivity contribution in [2.45, 2.75) is 49.7 Å². The van der Waals surface area contributed by atoms with Crippen molar-refractivity contribution < 1.29 is 19.4 Å². The molecule has 180 valence electrons. The van der Waals surface area contributed by atoms with E-state index in [2.05, 4.69) is 11.5 Å². The molecule has 0 spiro atoms. The summed E-state index contributed by atoms with van der Waals surface area (Å²) in [5.41, 5.74) is 0.0976. The van der Waals surface area contributed by atoms with Gasteiger partial charge in [-0.05, 0) is 62.1 Å². The first-order chi connectivity index (χ1) is 16.3. The number of rotatable bonds is 6. The van der Waals surface area contributed by atoms with E-state index in [4.69, 9.17) is 4.74 Å². The predicted octanol–water partition coefficient (Wildman–Crippen LogP) is 3.80. The number of nitrogens with zero attached hydrogens (tertiary/aromatic N) is 2. The second kappa shape index (κ2) is 9.72. The molecule has 0 radical (unpaired) electrons. The zero-order valence-corrected chi connectivity index (χ0v) is 20.1. The Balaban J connectivity index is 1.70. The molecule has 1 aliphatic heterocycles. The number of aliphatic hydroxyl groups is 1. The maximum atomic E-state index is 13.2. The quantitative estimate of drug-likeness (QED) is 0.402. The molecule has 1 saturated carbocycles. The third kappa shape index (κ3) is 4.52. The number of amides is 1. The molecule has 1 saturated heterocycles. The average Bonchev–Trinajstić information content (AvgIpc) is 2.83. The lowest BCUT2D eigenvalue weighted by Crippen LogP contribution is -2.67. The highest BCUT2D eigenvalue weighted by Gasteiger charge is 2.58. The standard InChI is InChI=1S/C28H34N2O4/c1-4-16-30-17-15-27(23-11-8-12-25(18-23)34-21(2)31)19-24(13-14-28(27,33)20-30)29(3)26(32)22-9-6-5-7-10-22/h4-12,18,24,33H,1,13-17,19-20H2,2-3H3/t24-,27-,28-/m0/s1. The molecule has 0 aromatic heterocycles. The van der Waals surface area contributed by atoms with Crippen molar-refractivity contribution in [2.24, 2.45) is 0 Å². The number of ether oxygens (including phenoxy) is 1. The van der Waals surface area contributed by atoms with E-state index in [0.29, 0.717) is 30.7 Å². The highest BCUT2D eigenvalue weighted by Crippen LogP contribution is 2.53. The van der Waals surface area contributed by atoms with Crippen LogP contribution in [0.5, 0.6) is 5.75 Å². The fourth-order valence-corrected chi connectivity index (χ4v) is 5.88. The van der Waals surface area contributed by atoms with E-state index in [1.165, 1.54) is 6.92 Å². The number of carbonyl (C=O) groups is 2. The van der Waals surface area contributed by atoms with Crippen LogP contribution in [-0.4, -0.2) is 65.1 Å². The first-order valence-corrected chi connectivity index (χ1v) is 11.9. The molecule has 4 rings (SSSR count). The lowest BCUT2D eigenvalue weighted by molar-refractivity contribution is -0.132. The van der Waals surface area contributed by atoms with Gasteiger partial charge >= 0.3 is 5.97 Å². The molecule has 2 aromatic carbocycles. The van der Waals surface area contributed by atoms with Gasteiger partial charge in [0.15, 0.2) is 0 Å². The number of fused-ring (bicyclic) bond motifs is 1. The minimum atomic E-state index is -0.962. The third-order valence-corrected chi connectivity index (χ3v) is 7.63. The summed E-state index contributed by atoms with van der Waals surface area (Å²) in [4.78, 5) is 28.9. The van der Waals surface area contributed by atoms with Gasteiger partial charge in [0.05, 0.1) is 5.60 Å². The number of benzene rings is 2. The summed E-state index contributed by atoms with van der Waals surface area (Å²) in [6.07, 6.45) is 4.55. The Morgan fingerprint density at radius 2 is 1.97 bits per heavy atom. The molecule has 0 bridgehead atoms. The van der Waals surface area contributed by atoms with Crippen molar-refractivity contribution in [3.63, 3.8) is 0 Å². The van der Waals surface area contributed by atoms with E-state index in [1.807, 2.05) is 66.6 Å². The summed E-state index contributed by atoms with van der Waals surface area (Å²) in [5, 5.41) is 12.1. The van der Waals surface area contributed by atoms with Gasteiger partial charge in [-0.1, -0.05) is 36.4 Å². The summed E-state index contributed by atoms with van der Waals surface area (Å²) in [7, 11) is 1.86. The molecular formula is C28H34N2O4. The molecule has 1 aliphatic carbocycles. The lowest BCUT2D eigenvalue weighted by Gasteiger charge is -2.59. The van der Waals surface area contributed by atoms with Crippen LogP contribution in [0.2, 0.25) is 0 Å². The summed E-state index contributed by atoms with van der Waals surface area (Å²) in [6.45, 7) is 7.33. The molecule has 1 amide bonds. The summed E-state index contributed by atoms with van der Waals surface area (Å²) >= 11 is 0. The highest BCUT2D eigenvalue weighted by molar-refractivity contribution is 5.94. The van der Waals surface area contributed by atoms with Crippen molar-refractivity contribution in [2.75, 3.05) is 26.7 Å². The van der Waals surface area contributed by atoms with E-state index in [-0.39, 0.29) is 17.9 Å². The molecule has 2 fully saturated rings. The molecule has 6 nitrogen and oxygen atoms in total. The Kier molecular flexibility index (Phi) is 6.91. The van der Waals surface area contributed by atoms with Gasteiger partial charge in [-0.2, -0.15) is 0 Å². The van der Waals surface area contributed by atoms with Gasteiger partial charge in [-0.15, -0.1) is 6.58 Å². The van der Waals surface area contributed by atoms with E-state index in [0.717, 1.165) is 31.5 Å². The SMILES string of the molecule is C=CCN1CC[C@@]2(c3cccc(OC(C)=O)c3)C[C@@H](N(C)C(=O)c3ccccc3)CC[C@]2(O)C1. The van der Waals surface area contributed by atoms with E-state index < -0.39 is 11.0 Å². The fourth-order valence-electron chi connectivity index (χ4n) is 5.88. The van der Waals surface area contributed by atoms with E-state index in [9.17, 15) is 14.7 Å². The first-order valence-electron chi connectivity index (χ1n) is 11.9. The normalized spacial score (nSPS) is 26.9. The van der Waals surface area contributed by atoms with Crippen LogP contribution in [0.4, 0.5) is 0 Å². The van der Waals surface area contributed by atoms with Gasteiger partial charge in [0, 0.05) is 44.1 Å². The zero-order valence-electron chi connectivity index (χ0n) is 20.1. The zero-order chi connectivity index (χ0) is 24.3. The van der Waals surface area contributed by atoms with Crippen LogP contribution in [0.15, 0.2) is 67.3 Å². The lowest BCUT2D eigenvalue weighted by atomic mass is 9.55. The molecule has 2 aromatic rings. The monoisotopic (exact) mass is 462 g/mol. The Morgan fingerprint density at radius 3 is 2.68 bits per heavy atom. The van der Waals surface area contributed by atoms with Crippen LogP contribution in [0.25, 0.3) is 0 Å². The van der Waals surface area contributed by atoms with Gasteiger partial charge in [-0.25, -0.2) is 0 Å². The number of esters is 1. The average molecular weight is 463 g/mol. The van der Waals surface area contributed by atoms with Crippen molar-refractivity contribution in [1.29, 1.82) is 0 Å². The van der Waals surface area contributed by atoms with Crippen molar-refractivity contribution in [1.82, 2.24) is 9.80 Å². The second-order valence-electron chi connectivity index (χ2n) is 9.69. The number of likely N-dealkylation sites (tertiary alicyclic amines) is 1. The highest BCUT2D eigenvalue weighted by atomic mass is 16.5. The summed E-state index contributed by atoms with van der Waals surface area (Å²) < 4.78 is 5.38. The molecule has 2 aliphatic rings. The van der Waals surface area contributed by atoms with Crippen molar-refractivity contribution in [3.8, 4) is 5.75 Å². The smallest absolute Gasteiger partial charge is 0.308 e. The second-order valence-corrected chi connectivity index (χ2v) is 9.69. The van der Waals surface area contributed by atoms with Crippen LogP contribution < -0.4 is 4.74 Å². The topological polar surface area (TPSA) is 70.1 Å². The summed E-state index contributed by atoms with van der Waals surface area (Å²) in [6, 6.07) is 16.8. The number of piperidine rings is 1. The van der Waals surface area contributed by atoms with Gasteiger partial charge < -0.3 is 14.7 Å². The van der Waals surface area contributed by atoms with E-state index in [1.54, 1.807) is 6.07 Å².